The third-order valence-corrected chi connectivity index (χ3v) is 4.16. The maximum atomic E-state index is 13.1. The highest BCUT2D eigenvalue weighted by Gasteiger charge is 2.31. The number of pyridine rings is 1. The fourth-order valence-electron chi connectivity index (χ4n) is 3.06. The van der Waals surface area contributed by atoms with E-state index in [2.05, 4.69) is 4.98 Å². The molecule has 0 spiro atoms. The van der Waals surface area contributed by atoms with Gasteiger partial charge in [-0.05, 0) is 24.6 Å². The van der Waals surface area contributed by atoms with Crippen LogP contribution in [0.1, 0.15) is 28.9 Å². The number of anilines is 1. The molecule has 0 bridgehead atoms. The molecule has 0 N–H and O–H groups in total. The van der Waals surface area contributed by atoms with Gasteiger partial charge in [0, 0.05) is 26.8 Å². The lowest BCUT2D eigenvalue weighted by Crippen LogP contribution is -2.46. The van der Waals surface area contributed by atoms with Crippen LogP contribution in [-0.2, 0) is 4.74 Å². The monoisotopic (exact) mass is 325 g/mol. The first kappa shape index (κ1) is 16.5. The Bertz CT molecular complexity index is 703. The molecule has 2 aromatic rings. The maximum absolute atomic E-state index is 13.1. The minimum Gasteiger partial charge on any atom is -0.367 e. The van der Waals surface area contributed by atoms with Crippen molar-refractivity contribution in [1.29, 1.82) is 0 Å². The standard InChI is InChI=1S/C19H23N3O2/c1-14-12-22(13-17(24-14)15-8-5-4-6-9-15)19(23)16-10-7-11-20-18(16)21(2)3/h4-11,14,17H,12-13H2,1-3H3/t14-,17+/m1/s1. The fraction of sp³-hybridized carbons (Fsp3) is 0.368. The Hall–Kier alpha value is -2.40. The van der Waals surface area contributed by atoms with Crippen LogP contribution >= 0.6 is 0 Å². The second kappa shape index (κ2) is 7.01. The van der Waals surface area contributed by atoms with Crippen molar-refractivity contribution >= 4 is 11.7 Å². The van der Waals surface area contributed by atoms with Gasteiger partial charge >= 0.3 is 0 Å². The van der Waals surface area contributed by atoms with Crippen molar-refractivity contribution in [3.63, 3.8) is 0 Å². The molecule has 0 radical (unpaired) electrons. The van der Waals surface area contributed by atoms with E-state index in [1.54, 1.807) is 12.3 Å². The molecule has 24 heavy (non-hydrogen) atoms. The van der Waals surface area contributed by atoms with Crippen LogP contribution in [0.4, 0.5) is 5.82 Å². The summed E-state index contributed by atoms with van der Waals surface area (Å²) in [6, 6.07) is 13.7. The summed E-state index contributed by atoms with van der Waals surface area (Å²) in [7, 11) is 3.79. The van der Waals surface area contributed by atoms with Crippen LogP contribution in [0, 0.1) is 0 Å². The minimum atomic E-state index is -0.0987. The van der Waals surface area contributed by atoms with Gasteiger partial charge in [0.15, 0.2) is 0 Å². The number of rotatable bonds is 3. The summed E-state index contributed by atoms with van der Waals surface area (Å²) < 4.78 is 6.05. The van der Waals surface area contributed by atoms with E-state index in [4.69, 9.17) is 4.74 Å². The average Bonchev–Trinajstić information content (AvgIpc) is 2.61. The van der Waals surface area contributed by atoms with Gasteiger partial charge in [0.2, 0.25) is 0 Å². The molecule has 2 atom stereocenters. The van der Waals surface area contributed by atoms with E-state index in [0.29, 0.717) is 24.5 Å². The summed E-state index contributed by atoms with van der Waals surface area (Å²) in [5.74, 6) is 0.695. The van der Waals surface area contributed by atoms with E-state index in [1.165, 1.54) is 0 Å². The predicted molar refractivity (Wildman–Crippen MR) is 94.2 cm³/mol. The molecule has 2 heterocycles. The first-order chi connectivity index (χ1) is 11.6. The van der Waals surface area contributed by atoms with Gasteiger partial charge in [-0.1, -0.05) is 30.3 Å². The normalized spacial score (nSPS) is 20.7. The minimum absolute atomic E-state index is 0.00267. The van der Waals surface area contributed by atoms with Crippen molar-refractivity contribution in [2.24, 2.45) is 0 Å². The number of ether oxygens (including phenoxy) is 1. The second-order valence-corrected chi connectivity index (χ2v) is 6.33. The molecule has 1 aromatic heterocycles. The zero-order valence-electron chi connectivity index (χ0n) is 14.3. The van der Waals surface area contributed by atoms with Gasteiger partial charge < -0.3 is 14.5 Å². The van der Waals surface area contributed by atoms with Crippen molar-refractivity contribution in [3.8, 4) is 0 Å². The summed E-state index contributed by atoms with van der Waals surface area (Å²) in [6.45, 7) is 3.14. The maximum Gasteiger partial charge on any atom is 0.257 e. The molecule has 0 saturated carbocycles. The molecule has 1 amide bonds. The molecule has 0 aliphatic carbocycles. The number of carbonyl (C=O) groups excluding carboxylic acids is 1. The quantitative estimate of drug-likeness (QED) is 0.870. The number of nitrogens with zero attached hydrogens (tertiary/aromatic N) is 3. The highest BCUT2D eigenvalue weighted by molar-refractivity contribution is 5.99. The molecule has 1 aromatic carbocycles. The van der Waals surface area contributed by atoms with Gasteiger partial charge in [-0.2, -0.15) is 0 Å². The Morgan fingerprint density at radius 2 is 1.92 bits per heavy atom. The van der Waals surface area contributed by atoms with Crippen LogP contribution in [0.15, 0.2) is 48.7 Å². The third kappa shape index (κ3) is 3.41. The summed E-state index contributed by atoms with van der Waals surface area (Å²) >= 11 is 0. The summed E-state index contributed by atoms with van der Waals surface area (Å²) in [6.07, 6.45) is 1.60. The molecule has 5 nitrogen and oxygen atoms in total. The molecular weight excluding hydrogens is 302 g/mol. The largest absolute Gasteiger partial charge is 0.367 e. The SMILES string of the molecule is C[C@@H]1CN(C(=O)c2cccnc2N(C)C)C[C@@H](c2ccccc2)O1. The van der Waals surface area contributed by atoms with E-state index in [-0.39, 0.29) is 18.1 Å². The number of aromatic nitrogens is 1. The number of carbonyl (C=O) groups is 1. The number of benzene rings is 1. The number of hydrogen-bond donors (Lipinski definition) is 0. The summed E-state index contributed by atoms with van der Waals surface area (Å²) in [4.78, 5) is 21.1. The van der Waals surface area contributed by atoms with E-state index >= 15 is 0 Å². The van der Waals surface area contributed by atoms with Crippen LogP contribution < -0.4 is 4.90 Å². The Kier molecular flexibility index (Phi) is 4.81. The molecule has 126 valence electrons. The Morgan fingerprint density at radius 1 is 1.17 bits per heavy atom. The molecule has 0 unspecified atom stereocenters. The van der Waals surface area contributed by atoms with Crippen molar-refractivity contribution in [3.05, 3.63) is 59.8 Å². The first-order valence-corrected chi connectivity index (χ1v) is 8.18. The van der Waals surface area contributed by atoms with Crippen molar-refractivity contribution in [1.82, 2.24) is 9.88 Å². The Labute approximate surface area is 142 Å². The summed E-state index contributed by atoms with van der Waals surface area (Å²) in [5.41, 5.74) is 1.73. The fourth-order valence-corrected chi connectivity index (χ4v) is 3.06. The van der Waals surface area contributed by atoms with Gasteiger partial charge in [0.05, 0.1) is 18.2 Å². The van der Waals surface area contributed by atoms with Crippen LogP contribution in [-0.4, -0.2) is 49.1 Å². The topological polar surface area (TPSA) is 45.7 Å². The predicted octanol–water partition coefficient (Wildman–Crippen LogP) is 2.75. The van der Waals surface area contributed by atoms with Crippen LogP contribution in [0.3, 0.4) is 0 Å². The lowest BCUT2D eigenvalue weighted by atomic mass is 10.1. The van der Waals surface area contributed by atoms with E-state index < -0.39 is 0 Å². The van der Waals surface area contributed by atoms with E-state index in [0.717, 1.165) is 5.56 Å². The third-order valence-electron chi connectivity index (χ3n) is 4.16. The molecule has 1 fully saturated rings. The van der Waals surface area contributed by atoms with Crippen LogP contribution in [0.2, 0.25) is 0 Å². The molecule has 1 saturated heterocycles. The first-order valence-electron chi connectivity index (χ1n) is 8.18. The van der Waals surface area contributed by atoms with Gasteiger partial charge in [0.1, 0.15) is 11.9 Å². The number of hydrogen-bond acceptors (Lipinski definition) is 4. The summed E-state index contributed by atoms with van der Waals surface area (Å²) in [5, 5.41) is 0. The smallest absolute Gasteiger partial charge is 0.257 e. The molecule has 5 heteroatoms. The highest BCUT2D eigenvalue weighted by atomic mass is 16.5. The van der Waals surface area contributed by atoms with E-state index in [1.807, 2.05) is 67.2 Å². The van der Waals surface area contributed by atoms with Crippen molar-refractivity contribution in [2.45, 2.75) is 19.1 Å². The molecule has 1 aliphatic rings. The zero-order chi connectivity index (χ0) is 17.1. The van der Waals surface area contributed by atoms with Crippen LogP contribution in [0.5, 0.6) is 0 Å². The number of morpholine rings is 1. The average molecular weight is 325 g/mol. The molecule has 3 rings (SSSR count). The zero-order valence-corrected chi connectivity index (χ0v) is 14.3. The molecule has 1 aliphatic heterocycles. The number of amides is 1. The van der Waals surface area contributed by atoms with Crippen molar-refractivity contribution in [2.75, 3.05) is 32.1 Å². The second-order valence-electron chi connectivity index (χ2n) is 6.33. The van der Waals surface area contributed by atoms with Crippen LogP contribution in [0.25, 0.3) is 0 Å². The lowest BCUT2D eigenvalue weighted by molar-refractivity contribution is -0.0691. The van der Waals surface area contributed by atoms with Gasteiger partial charge in [-0.25, -0.2) is 4.98 Å². The van der Waals surface area contributed by atoms with Gasteiger partial charge in [-0.15, -0.1) is 0 Å². The Morgan fingerprint density at radius 3 is 2.62 bits per heavy atom. The lowest BCUT2D eigenvalue weighted by Gasteiger charge is -2.37. The Balaban J connectivity index is 1.85. The van der Waals surface area contributed by atoms with Gasteiger partial charge in [0.25, 0.3) is 5.91 Å². The molecular formula is C19H23N3O2. The van der Waals surface area contributed by atoms with E-state index in [9.17, 15) is 4.79 Å². The van der Waals surface area contributed by atoms with Crippen molar-refractivity contribution < 1.29 is 9.53 Å². The van der Waals surface area contributed by atoms with Gasteiger partial charge in [-0.3, -0.25) is 4.79 Å². The highest BCUT2D eigenvalue weighted by Crippen LogP contribution is 2.27.